The topological polar surface area (TPSA) is 72.9 Å². The Kier molecular flexibility index (Phi) is 4.83. The van der Waals surface area contributed by atoms with Crippen molar-refractivity contribution in [2.45, 2.75) is 39.2 Å². The zero-order chi connectivity index (χ0) is 11.1. The average Bonchev–Trinajstić information content (AvgIpc) is 2.63. The van der Waals surface area contributed by atoms with E-state index in [9.17, 15) is 4.79 Å². The molecular formula is C10H18N4O. The molecular weight excluding hydrogens is 192 g/mol. The van der Waals surface area contributed by atoms with Crippen LogP contribution in [0, 0.1) is 6.92 Å². The maximum absolute atomic E-state index is 10.8. The highest BCUT2D eigenvalue weighted by molar-refractivity contribution is 5.74. The van der Waals surface area contributed by atoms with Crippen molar-refractivity contribution in [2.24, 2.45) is 5.84 Å². The van der Waals surface area contributed by atoms with Gasteiger partial charge in [-0.05, 0) is 25.8 Å². The van der Waals surface area contributed by atoms with Crippen LogP contribution in [0.4, 0.5) is 0 Å². The van der Waals surface area contributed by atoms with Gasteiger partial charge in [-0.1, -0.05) is 6.42 Å². The maximum Gasteiger partial charge on any atom is 0.233 e. The molecule has 5 heteroatoms. The van der Waals surface area contributed by atoms with Crippen LogP contribution < -0.4 is 11.3 Å². The molecule has 0 radical (unpaired) electrons. The van der Waals surface area contributed by atoms with Crippen molar-refractivity contribution in [1.29, 1.82) is 0 Å². The second-order valence-electron chi connectivity index (χ2n) is 3.57. The summed E-state index contributed by atoms with van der Waals surface area (Å²) in [6.07, 6.45) is 5.25. The fourth-order valence-corrected chi connectivity index (χ4v) is 1.43. The lowest BCUT2D eigenvalue weighted by molar-refractivity contribution is -0.121. The predicted molar refractivity (Wildman–Crippen MR) is 57.8 cm³/mol. The van der Waals surface area contributed by atoms with Gasteiger partial charge in [0, 0.05) is 24.9 Å². The summed E-state index contributed by atoms with van der Waals surface area (Å²) in [6.45, 7) is 2.96. The molecule has 84 valence electrons. The van der Waals surface area contributed by atoms with Crippen LogP contribution >= 0.6 is 0 Å². The summed E-state index contributed by atoms with van der Waals surface area (Å²) in [5, 5.41) is 4.18. The largest absolute Gasteiger partial charge is 0.294 e. The number of carbonyl (C=O) groups excluding carboxylic acids is 1. The minimum atomic E-state index is -0.0923. The molecule has 15 heavy (non-hydrogen) atoms. The second-order valence-corrected chi connectivity index (χ2v) is 3.57. The number of hydrogen-bond acceptors (Lipinski definition) is 3. The number of rotatable bonds is 6. The Morgan fingerprint density at radius 3 is 2.93 bits per heavy atom. The molecule has 0 saturated carbocycles. The van der Waals surface area contributed by atoms with Gasteiger partial charge in [-0.3, -0.25) is 14.9 Å². The molecule has 1 heterocycles. The first-order valence-electron chi connectivity index (χ1n) is 5.22. The normalized spacial score (nSPS) is 10.3. The lowest BCUT2D eigenvalue weighted by atomic mass is 10.2. The maximum atomic E-state index is 10.8. The highest BCUT2D eigenvalue weighted by atomic mass is 16.2. The fraction of sp³-hybridized carbons (Fsp3) is 0.600. The highest BCUT2D eigenvalue weighted by Gasteiger charge is 1.99. The Morgan fingerprint density at radius 2 is 2.33 bits per heavy atom. The molecule has 5 nitrogen and oxygen atoms in total. The third-order valence-electron chi connectivity index (χ3n) is 2.36. The molecule has 0 aliphatic carbocycles. The van der Waals surface area contributed by atoms with Crippen LogP contribution in [0.1, 0.15) is 31.4 Å². The van der Waals surface area contributed by atoms with Crippen LogP contribution in [-0.4, -0.2) is 15.7 Å². The van der Waals surface area contributed by atoms with Gasteiger partial charge in [-0.25, -0.2) is 5.84 Å². The number of nitrogens with zero attached hydrogens (tertiary/aromatic N) is 2. The quantitative estimate of drug-likeness (QED) is 0.315. The number of unbranched alkanes of at least 4 members (excludes halogenated alkanes) is 2. The molecule has 0 fully saturated rings. The Labute approximate surface area is 89.6 Å². The van der Waals surface area contributed by atoms with E-state index in [0.29, 0.717) is 6.42 Å². The lowest BCUT2D eigenvalue weighted by Crippen LogP contribution is -2.29. The Morgan fingerprint density at radius 1 is 1.53 bits per heavy atom. The number of aromatic nitrogens is 2. The zero-order valence-corrected chi connectivity index (χ0v) is 9.07. The molecule has 1 rings (SSSR count). The molecule has 0 aliphatic rings. The number of hydrogen-bond donors (Lipinski definition) is 2. The van der Waals surface area contributed by atoms with Crippen molar-refractivity contribution in [1.82, 2.24) is 15.2 Å². The molecule has 0 spiro atoms. The second kappa shape index (κ2) is 6.19. The summed E-state index contributed by atoms with van der Waals surface area (Å²) >= 11 is 0. The van der Waals surface area contributed by atoms with Gasteiger partial charge in [-0.15, -0.1) is 0 Å². The van der Waals surface area contributed by atoms with E-state index in [1.807, 2.05) is 17.7 Å². The summed E-state index contributed by atoms with van der Waals surface area (Å²) < 4.78 is 1.98. The monoisotopic (exact) mass is 210 g/mol. The van der Waals surface area contributed by atoms with Crippen LogP contribution in [0.2, 0.25) is 0 Å². The van der Waals surface area contributed by atoms with Gasteiger partial charge in [0.05, 0.1) is 0 Å². The third-order valence-corrected chi connectivity index (χ3v) is 2.36. The van der Waals surface area contributed by atoms with Gasteiger partial charge in [-0.2, -0.15) is 5.10 Å². The predicted octanol–water partition coefficient (Wildman–Crippen LogP) is 0.742. The minimum Gasteiger partial charge on any atom is -0.294 e. The lowest BCUT2D eigenvalue weighted by Gasteiger charge is -2.03. The van der Waals surface area contributed by atoms with Crippen LogP contribution in [0.5, 0.6) is 0 Å². The van der Waals surface area contributed by atoms with Crippen LogP contribution in [0.3, 0.4) is 0 Å². The summed E-state index contributed by atoms with van der Waals surface area (Å²) in [5.74, 6) is 4.88. The van der Waals surface area contributed by atoms with E-state index in [4.69, 9.17) is 5.84 Å². The molecule has 0 bridgehead atoms. The van der Waals surface area contributed by atoms with E-state index in [0.717, 1.165) is 25.8 Å². The third kappa shape index (κ3) is 4.12. The molecule has 0 saturated heterocycles. The van der Waals surface area contributed by atoms with E-state index in [1.54, 1.807) is 6.20 Å². The van der Waals surface area contributed by atoms with E-state index in [1.165, 1.54) is 5.69 Å². The van der Waals surface area contributed by atoms with Gasteiger partial charge in [0.1, 0.15) is 0 Å². The number of amides is 1. The zero-order valence-electron chi connectivity index (χ0n) is 9.07. The molecule has 1 aromatic rings. The first kappa shape index (κ1) is 11.7. The van der Waals surface area contributed by atoms with Gasteiger partial charge >= 0.3 is 0 Å². The molecule has 0 atom stereocenters. The van der Waals surface area contributed by atoms with Crippen LogP contribution in [0.15, 0.2) is 12.3 Å². The summed E-state index contributed by atoms with van der Waals surface area (Å²) in [6, 6.07) is 1.99. The van der Waals surface area contributed by atoms with Gasteiger partial charge in [0.25, 0.3) is 0 Å². The van der Waals surface area contributed by atoms with E-state index in [-0.39, 0.29) is 5.91 Å². The Hall–Kier alpha value is -1.36. The van der Waals surface area contributed by atoms with Gasteiger partial charge < -0.3 is 0 Å². The molecule has 1 aromatic heterocycles. The number of nitrogens with one attached hydrogen (secondary N) is 1. The molecule has 0 aliphatic heterocycles. The number of aryl methyl sites for hydroxylation is 2. The first-order valence-corrected chi connectivity index (χ1v) is 5.22. The number of nitrogens with two attached hydrogens (primary N) is 1. The van der Waals surface area contributed by atoms with Crippen molar-refractivity contribution in [3.8, 4) is 0 Å². The fourth-order valence-electron chi connectivity index (χ4n) is 1.43. The van der Waals surface area contributed by atoms with Crippen LogP contribution in [0.25, 0.3) is 0 Å². The standard InChI is InChI=1S/C10H18N4O/c1-9-6-7-12-14(9)8-4-2-3-5-10(15)13-11/h6-7H,2-5,8,11H2,1H3,(H,13,15). The number of hydrazine groups is 1. The van der Waals surface area contributed by atoms with E-state index in [2.05, 4.69) is 10.5 Å². The average molecular weight is 210 g/mol. The smallest absolute Gasteiger partial charge is 0.233 e. The van der Waals surface area contributed by atoms with E-state index < -0.39 is 0 Å². The van der Waals surface area contributed by atoms with Crippen molar-refractivity contribution < 1.29 is 4.79 Å². The first-order chi connectivity index (χ1) is 7.24. The molecule has 3 N–H and O–H groups in total. The summed E-state index contributed by atoms with van der Waals surface area (Å²) in [7, 11) is 0. The summed E-state index contributed by atoms with van der Waals surface area (Å²) in [5.41, 5.74) is 3.30. The minimum absolute atomic E-state index is 0.0923. The molecule has 1 amide bonds. The summed E-state index contributed by atoms with van der Waals surface area (Å²) in [4.78, 5) is 10.8. The van der Waals surface area contributed by atoms with Gasteiger partial charge in [0.15, 0.2) is 0 Å². The van der Waals surface area contributed by atoms with Crippen LogP contribution in [-0.2, 0) is 11.3 Å². The number of carbonyl (C=O) groups is 1. The van der Waals surface area contributed by atoms with E-state index >= 15 is 0 Å². The van der Waals surface area contributed by atoms with Crippen molar-refractivity contribution in [3.63, 3.8) is 0 Å². The van der Waals surface area contributed by atoms with Crippen molar-refractivity contribution in [3.05, 3.63) is 18.0 Å². The SMILES string of the molecule is Cc1ccnn1CCCCCC(=O)NN. The van der Waals surface area contributed by atoms with Crippen molar-refractivity contribution in [2.75, 3.05) is 0 Å². The highest BCUT2D eigenvalue weighted by Crippen LogP contribution is 2.03. The Balaban J connectivity index is 2.07. The van der Waals surface area contributed by atoms with Crippen molar-refractivity contribution >= 4 is 5.91 Å². The molecule has 0 aromatic carbocycles. The van der Waals surface area contributed by atoms with Gasteiger partial charge in [0.2, 0.25) is 5.91 Å². The molecule has 0 unspecified atom stereocenters. The Bertz CT molecular complexity index is 308.